The summed E-state index contributed by atoms with van der Waals surface area (Å²) in [6, 6.07) is 6.45. The SMILES string of the molecule is Cc1cc(C)cc(C2(C(=O)N3CCN(CC(N)=O)CC3)CC2)c1. The van der Waals surface area contributed by atoms with Crippen LogP contribution in [0, 0.1) is 13.8 Å². The molecule has 0 atom stereocenters. The van der Waals surface area contributed by atoms with E-state index in [-0.39, 0.29) is 23.8 Å². The van der Waals surface area contributed by atoms with Crippen LogP contribution in [0.4, 0.5) is 0 Å². The number of carbonyl (C=O) groups excluding carboxylic acids is 2. The van der Waals surface area contributed by atoms with Crippen LogP contribution in [-0.4, -0.2) is 54.3 Å². The lowest BCUT2D eigenvalue weighted by Crippen LogP contribution is -2.52. The summed E-state index contributed by atoms with van der Waals surface area (Å²) < 4.78 is 0. The van der Waals surface area contributed by atoms with Gasteiger partial charge in [-0.1, -0.05) is 29.3 Å². The number of benzene rings is 1. The average Bonchev–Trinajstić information content (AvgIpc) is 3.27. The second kappa shape index (κ2) is 5.96. The van der Waals surface area contributed by atoms with Gasteiger partial charge in [0.25, 0.3) is 0 Å². The van der Waals surface area contributed by atoms with Gasteiger partial charge in [0.1, 0.15) is 0 Å². The summed E-state index contributed by atoms with van der Waals surface area (Å²) in [4.78, 5) is 28.0. The highest BCUT2D eigenvalue weighted by Gasteiger charge is 2.53. The summed E-state index contributed by atoms with van der Waals surface area (Å²) >= 11 is 0. The van der Waals surface area contributed by atoms with Crippen molar-refractivity contribution in [3.05, 3.63) is 34.9 Å². The molecule has 2 fully saturated rings. The van der Waals surface area contributed by atoms with E-state index in [4.69, 9.17) is 5.73 Å². The fraction of sp³-hybridized carbons (Fsp3) is 0.556. The standard InChI is InChI=1S/C18H25N3O2/c1-13-9-14(2)11-15(10-13)18(3-4-18)17(23)21-7-5-20(6-8-21)12-16(19)22/h9-11H,3-8,12H2,1-2H3,(H2,19,22). The number of rotatable bonds is 4. The molecule has 0 bridgehead atoms. The Labute approximate surface area is 137 Å². The first-order valence-electron chi connectivity index (χ1n) is 8.29. The molecule has 2 amide bonds. The fourth-order valence-corrected chi connectivity index (χ4v) is 3.63. The molecule has 1 aromatic rings. The van der Waals surface area contributed by atoms with Crippen molar-refractivity contribution in [3.63, 3.8) is 0 Å². The number of amides is 2. The van der Waals surface area contributed by atoms with E-state index < -0.39 is 0 Å². The van der Waals surface area contributed by atoms with Crippen LogP contribution in [0.3, 0.4) is 0 Å². The van der Waals surface area contributed by atoms with Gasteiger partial charge in [-0.3, -0.25) is 14.5 Å². The number of aryl methyl sites for hydroxylation is 2. The number of hydrogen-bond acceptors (Lipinski definition) is 3. The highest BCUT2D eigenvalue weighted by molar-refractivity contribution is 5.91. The number of nitrogens with two attached hydrogens (primary N) is 1. The molecule has 0 aromatic heterocycles. The molecule has 124 valence electrons. The minimum Gasteiger partial charge on any atom is -0.369 e. The molecule has 2 N–H and O–H groups in total. The number of nitrogens with zero attached hydrogens (tertiary/aromatic N) is 2. The van der Waals surface area contributed by atoms with Crippen LogP contribution in [0.5, 0.6) is 0 Å². The molecule has 1 aromatic carbocycles. The predicted molar refractivity (Wildman–Crippen MR) is 89.0 cm³/mol. The molecule has 1 aliphatic heterocycles. The van der Waals surface area contributed by atoms with E-state index in [1.165, 1.54) is 16.7 Å². The molecule has 5 heteroatoms. The van der Waals surface area contributed by atoms with Crippen molar-refractivity contribution in [1.82, 2.24) is 9.80 Å². The molecule has 23 heavy (non-hydrogen) atoms. The van der Waals surface area contributed by atoms with Crippen LogP contribution in [0.25, 0.3) is 0 Å². The molecular formula is C18H25N3O2. The smallest absolute Gasteiger partial charge is 0.233 e. The average molecular weight is 315 g/mol. The normalized spacial score (nSPS) is 20.3. The Morgan fingerprint density at radius 3 is 2.09 bits per heavy atom. The number of hydrogen-bond donors (Lipinski definition) is 1. The zero-order valence-corrected chi connectivity index (χ0v) is 14.0. The van der Waals surface area contributed by atoms with E-state index in [0.29, 0.717) is 13.1 Å². The summed E-state index contributed by atoms with van der Waals surface area (Å²) in [6.45, 7) is 7.25. The summed E-state index contributed by atoms with van der Waals surface area (Å²) in [6.07, 6.45) is 1.88. The minimum absolute atomic E-state index is 0.251. The monoisotopic (exact) mass is 315 g/mol. The zero-order chi connectivity index (χ0) is 16.6. The quantitative estimate of drug-likeness (QED) is 0.900. The van der Waals surface area contributed by atoms with E-state index in [1.807, 2.05) is 9.80 Å². The molecular weight excluding hydrogens is 290 g/mol. The molecule has 2 aliphatic rings. The van der Waals surface area contributed by atoms with Gasteiger partial charge in [0.15, 0.2) is 0 Å². The molecule has 1 saturated heterocycles. The molecule has 0 unspecified atom stereocenters. The van der Waals surface area contributed by atoms with Crippen LogP contribution in [-0.2, 0) is 15.0 Å². The van der Waals surface area contributed by atoms with Crippen LogP contribution < -0.4 is 5.73 Å². The summed E-state index contributed by atoms with van der Waals surface area (Å²) in [5, 5.41) is 0. The van der Waals surface area contributed by atoms with E-state index in [9.17, 15) is 9.59 Å². The highest BCUT2D eigenvalue weighted by Crippen LogP contribution is 2.50. The second-order valence-electron chi connectivity index (χ2n) is 6.99. The summed E-state index contributed by atoms with van der Waals surface area (Å²) in [5.74, 6) is -0.0556. The Kier molecular flexibility index (Phi) is 4.15. The third-order valence-electron chi connectivity index (χ3n) is 4.97. The molecule has 1 aliphatic carbocycles. The minimum atomic E-state index is -0.307. The van der Waals surface area contributed by atoms with Crippen molar-refractivity contribution in [2.45, 2.75) is 32.1 Å². The first kappa shape index (κ1) is 16.0. The number of piperazine rings is 1. The largest absolute Gasteiger partial charge is 0.369 e. The van der Waals surface area contributed by atoms with Gasteiger partial charge in [-0.25, -0.2) is 0 Å². The van der Waals surface area contributed by atoms with E-state index >= 15 is 0 Å². The first-order valence-corrected chi connectivity index (χ1v) is 8.29. The lowest BCUT2D eigenvalue weighted by atomic mass is 9.91. The molecule has 1 heterocycles. The van der Waals surface area contributed by atoms with E-state index in [0.717, 1.165) is 25.9 Å². The van der Waals surface area contributed by atoms with Gasteiger partial charge < -0.3 is 10.6 Å². The second-order valence-corrected chi connectivity index (χ2v) is 6.99. The number of carbonyl (C=O) groups is 2. The van der Waals surface area contributed by atoms with Crippen molar-refractivity contribution in [1.29, 1.82) is 0 Å². The summed E-state index contributed by atoms with van der Waals surface area (Å²) in [7, 11) is 0. The van der Waals surface area contributed by atoms with Gasteiger partial charge in [-0.2, -0.15) is 0 Å². The third kappa shape index (κ3) is 3.24. The molecule has 0 spiro atoms. The lowest BCUT2D eigenvalue weighted by Gasteiger charge is -2.36. The van der Waals surface area contributed by atoms with Crippen molar-refractivity contribution < 1.29 is 9.59 Å². The maximum Gasteiger partial charge on any atom is 0.233 e. The van der Waals surface area contributed by atoms with Gasteiger partial charge in [-0.05, 0) is 32.3 Å². The first-order chi connectivity index (χ1) is 10.9. The predicted octanol–water partition coefficient (Wildman–Crippen LogP) is 0.965. The molecule has 0 radical (unpaired) electrons. The fourth-order valence-electron chi connectivity index (χ4n) is 3.63. The van der Waals surface area contributed by atoms with Gasteiger partial charge in [-0.15, -0.1) is 0 Å². The molecule has 5 nitrogen and oxygen atoms in total. The van der Waals surface area contributed by atoms with Gasteiger partial charge in [0, 0.05) is 26.2 Å². The zero-order valence-electron chi connectivity index (χ0n) is 14.0. The van der Waals surface area contributed by atoms with Crippen LogP contribution in [0.15, 0.2) is 18.2 Å². The highest BCUT2D eigenvalue weighted by atomic mass is 16.2. The van der Waals surface area contributed by atoms with Crippen molar-refractivity contribution >= 4 is 11.8 Å². The van der Waals surface area contributed by atoms with E-state index in [1.54, 1.807) is 0 Å². The summed E-state index contributed by atoms with van der Waals surface area (Å²) in [5.41, 5.74) is 8.53. The van der Waals surface area contributed by atoms with Gasteiger partial charge in [0.05, 0.1) is 12.0 Å². The molecule has 3 rings (SSSR count). The Morgan fingerprint density at radius 1 is 1.04 bits per heavy atom. The van der Waals surface area contributed by atoms with E-state index in [2.05, 4.69) is 32.0 Å². The van der Waals surface area contributed by atoms with Gasteiger partial charge in [0.2, 0.25) is 11.8 Å². The van der Waals surface area contributed by atoms with Crippen LogP contribution in [0.2, 0.25) is 0 Å². The lowest BCUT2D eigenvalue weighted by molar-refractivity contribution is -0.135. The van der Waals surface area contributed by atoms with Crippen LogP contribution in [0.1, 0.15) is 29.5 Å². The maximum absolute atomic E-state index is 13.1. The van der Waals surface area contributed by atoms with Gasteiger partial charge >= 0.3 is 0 Å². The Hall–Kier alpha value is -1.88. The van der Waals surface area contributed by atoms with Crippen molar-refractivity contribution in [3.8, 4) is 0 Å². The number of primary amides is 1. The third-order valence-corrected chi connectivity index (χ3v) is 4.97. The maximum atomic E-state index is 13.1. The van der Waals surface area contributed by atoms with Crippen LogP contribution >= 0.6 is 0 Å². The van der Waals surface area contributed by atoms with Crippen molar-refractivity contribution in [2.75, 3.05) is 32.7 Å². The Bertz CT molecular complexity index is 609. The molecule has 1 saturated carbocycles. The topological polar surface area (TPSA) is 66.6 Å². The van der Waals surface area contributed by atoms with Crippen molar-refractivity contribution in [2.24, 2.45) is 5.73 Å². The Morgan fingerprint density at radius 2 is 1.61 bits per heavy atom. The Balaban J connectivity index is 1.70.